The molecule has 0 aliphatic rings. The van der Waals surface area contributed by atoms with Gasteiger partial charge >= 0.3 is 11.9 Å². The monoisotopic (exact) mass is 337 g/mol. The Morgan fingerprint density at radius 1 is 1.43 bits per heavy atom. The van der Waals surface area contributed by atoms with Gasteiger partial charge in [-0.1, -0.05) is 6.92 Å². The Morgan fingerprint density at radius 2 is 2.17 bits per heavy atom. The van der Waals surface area contributed by atoms with Gasteiger partial charge in [0.25, 0.3) is 5.91 Å². The van der Waals surface area contributed by atoms with Gasteiger partial charge in [-0.3, -0.25) is 14.3 Å². The summed E-state index contributed by atoms with van der Waals surface area (Å²) in [6, 6.07) is 1.68. The Morgan fingerprint density at radius 3 is 2.78 bits per heavy atom. The lowest BCUT2D eigenvalue weighted by atomic mass is 10.2. The second-order valence-electron chi connectivity index (χ2n) is 4.58. The number of anilines is 1. The second-order valence-corrected chi connectivity index (χ2v) is 5.71. The summed E-state index contributed by atoms with van der Waals surface area (Å²) in [5.74, 6) is -2.06. The molecule has 0 saturated carbocycles. The number of aliphatic carboxylic acids is 1. The predicted molar refractivity (Wildman–Crippen MR) is 82.9 cm³/mol. The fourth-order valence-corrected chi connectivity index (χ4v) is 2.83. The van der Waals surface area contributed by atoms with Crippen LogP contribution in [0.3, 0.4) is 0 Å². The fraction of sp³-hybridized carbons (Fsp3) is 0.286. The van der Waals surface area contributed by atoms with E-state index in [0.717, 1.165) is 16.0 Å². The van der Waals surface area contributed by atoms with Crippen LogP contribution in [-0.4, -0.2) is 39.8 Å². The van der Waals surface area contributed by atoms with Crippen molar-refractivity contribution < 1.29 is 24.2 Å². The molecule has 9 heteroatoms. The highest BCUT2D eigenvalue weighted by Crippen LogP contribution is 2.29. The molecular formula is C14H15N3O5S. The Hall–Kier alpha value is -2.68. The van der Waals surface area contributed by atoms with Crippen LogP contribution in [-0.2, 0) is 22.5 Å². The van der Waals surface area contributed by atoms with Crippen molar-refractivity contribution in [2.75, 3.05) is 12.4 Å². The van der Waals surface area contributed by atoms with Crippen LogP contribution >= 0.6 is 11.3 Å². The summed E-state index contributed by atoms with van der Waals surface area (Å²) in [5.41, 5.74) is 0.495. The number of carboxylic acids is 1. The summed E-state index contributed by atoms with van der Waals surface area (Å²) in [4.78, 5) is 35.5. The third kappa shape index (κ3) is 3.95. The Kier molecular flexibility index (Phi) is 5.12. The maximum Gasteiger partial charge on any atom is 0.340 e. The summed E-state index contributed by atoms with van der Waals surface area (Å²) in [7, 11) is 1.27. The number of rotatable bonds is 6. The molecule has 8 nitrogen and oxygen atoms in total. The molecule has 0 fully saturated rings. The predicted octanol–water partition coefficient (Wildman–Crippen LogP) is 1.63. The number of ether oxygens (including phenoxy) is 1. The van der Waals surface area contributed by atoms with Gasteiger partial charge in [0, 0.05) is 11.1 Å². The molecule has 122 valence electrons. The third-order valence-electron chi connectivity index (χ3n) is 2.96. The van der Waals surface area contributed by atoms with Crippen molar-refractivity contribution in [3.05, 3.63) is 34.5 Å². The van der Waals surface area contributed by atoms with Crippen LogP contribution < -0.4 is 5.32 Å². The molecule has 0 unspecified atom stereocenters. The average Bonchev–Trinajstić information content (AvgIpc) is 3.12. The van der Waals surface area contributed by atoms with Crippen molar-refractivity contribution in [3.63, 3.8) is 0 Å². The van der Waals surface area contributed by atoms with Crippen LogP contribution in [0.2, 0.25) is 0 Å². The average molecular weight is 337 g/mol. The van der Waals surface area contributed by atoms with E-state index < -0.39 is 17.8 Å². The number of thiophene rings is 1. The number of nitrogens with one attached hydrogen (secondary N) is 1. The van der Waals surface area contributed by atoms with Crippen molar-refractivity contribution >= 4 is 34.2 Å². The first-order valence-electron chi connectivity index (χ1n) is 6.71. The largest absolute Gasteiger partial charge is 0.480 e. The normalized spacial score (nSPS) is 10.3. The molecule has 2 aromatic heterocycles. The summed E-state index contributed by atoms with van der Waals surface area (Å²) in [6.45, 7) is 1.61. The number of carboxylic acid groups (broad SMARTS) is 1. The molecule has 2 N–H and O–H groups in total. The SMILES string of the molecule is CCc1cc(C(=O)OC)c(NC(=O)c2cnn(CC(=O)O)c2)s1. The number of hydrogen-bond donors (Lipinski definition) is 2. The summed E-state index contributed by atoms with van der Waals surface area (Å²) in [5, 5.41) is 15.5. The molecule has 2 aromatic rings. The van der Waals surface area contributed by atoms with Crippen molar-refractivity contribution in [2.24, 2.45) is 0 Å². The van der Waals surface area contributed by atoms with Crippen molar-refractivity contribution in [3.8, 4) is 0 Å². The van der Waals surface area contributed by atoms with Gasteiger partial charge in [0.2, 0.25) is 0 Å². The number of carbonyl (C=O) groups excluding carboxylic acids is 2. The topological polar surface area (TPSA) is 111 Å². The minimum absolute atomic E-state index is 0.202. The summed E-state index contributed by atoms with van der Waals surface area (Å²) >= 11 is 1.29. The quantitative estimate of drug-likeness (QED) is 0.775. The van der Waals surface area contributed by atoms with Gasteiger partial charge in [-0.2, -0.15) is 5.10 Å². The van der Waals surface area contributed by atoms with Crippen molar-refractivity contribution in [2.45, 2.75) is 19.9 Å². The van der Waals surface area contributed by atoms with Crippen LogP contribution in [0.1, 0.15) is 32.5 Å². The zero-order valence-electron chi connectivity index (χ0n) is 12.5. The molecule has 0 spiro atoms. The van der Waals surface area contributed by atoms with Gasteiger partial charge in [-0.25, -0.2) is 4.79 Å². The number of methoxy groups -OCH3 is 1. The smallest absolute Gasteiger partial charge is 0.340 e. The van der Waals surface area contributed by atoms with Crippen molar-refractivity contribution in [1.82, 2.24) is 9.78 Å². The summed E-state index contributed by atoms with van der Waals surface area (Å²) in [6.07, 6.45) is 3.32. The molecule has 0 bridgehead atoms. The standard InChI is InChI=1S/C14H15N3O5S/c1-3-9-4-10(14(21)22-2)13(23-9)16-12(20)8-5-15-17(6-8)7-11(18)19/h4-6H,3,7H2,1-2H3,(H,16,20)(H,18,19). The van der Waals surface area contributed by atoms with Gasteiger partial charge in [-0.05, 0) is 12.5 Å². The van der Waals surface area contributed by atoms with E-state index in [0.29, 0.717) is 10.6 Å². The Bertz CT molecular complexity index is 749. The number of carbonyl (C=O) groups is 3. The molecule has 2 rings (SSSR count). The Labute approximate surface area is 135 Å². The van der Waals surface area contributed by atoms with Crippen LogP contribution in [0.5, 0.6) is 0 Å². The van der Waals surface area contributed by atoms with Crippen molar-refractivity contribution in [1.29, 1.82) is 0 Å². The number of nitrogens with zero attached hydrogens (tertiary/aromatic N) is 2. The molecule has 1 amide bonds. The van der Waals surface area contributed by atoms with E-state index in [2.05, 4.69) is 10.4 Å². The zero-order valence-corrected chi connectivity index (χ0v) is 13.3. The first kappa shape index (κ1) is 16.7. The maximum atomic E-state index is 12.2. The lowest BCUT2D eigenvalue weighted by Crippen LogP contribution is -2.13. The van der Waals surface area contributed by atoms with Gasteiger partial charge in [0.05, 0.1) is 24.4 Å². The second kappa shape index (κ2) is 7.05. The van der Waals surface area contributed by atoms with E-state index >= 15 is 0 Å². The lowest BCUT2D eigenvalue weighted by molar-refractivity contribution is -0.137. The molecule has 0 radical (unpaired) electrons. The van der Waals surface area contributed by atoms with E-state index in [4.69, 9.17) is 9.84 Å². The third-order valence-corrected chi connectivity index (χ3v) is 4.15. The van der Waals surface area contributed by atoms with E-state index in [9.17, 15) is 14.4 Å². The Balaban J connectivity index is 2.19. The van der Waals surface area contributed by atoms with Gasteiger partial charge < -0.3 is 15.2 Å². The molecule has 0 aliphatic carbocycles. The minimum atomic E-state index is -1.06. The van der Waals surface area contributed by atoms with Gasteiger partial charge in [-0.15, -0.1) is 11.3 Å². The molecule has 0 atom stereocenters. The fourth-order valence-electron chi connectivity index (χ4n) is 1.85. The molecule has 23 heavy (non-hydrogen) atoms. The number of hydrogen-bond acceptors (Lipinski definition) is 6. The summed E-state index contributed by atoms with van der Waals surface area (Å²) < 4.78 is 5.85. The van der Waals surface area contributed by atoms with Gasteiger partial charge in [0.1, 0.15) is 11.5 Å². The number of amides is 1. The van der Waals surface area contributed by atoms with E-state index in [1.165, 1.54) is 30.8 Å². The first-order chi connectivity index (χ1) is 10.9. The molecule has 2 heterocycles. The van der Waals surface area contributed by atoms with Gasteiger partial charge in [0.15, 0.2) is 0 Å². The maximum absolute atomic E-state index is 12.2. The van der Waals surface area contributed by atoms with Crippen LogP contribution in [0.4, 0.5) is 5.00 Å². The van der Waals surface area contributed by atoms with E-state index in [-0.39, 0.29) is 12.1 Å². The molecule has 0 aliphatic heterocycles. The highest BCUT2D eigenvalue weighted by Gasteiger charge is 2.19. The highest BCUT2D eigenvalue weighted by molar-refractivity contribution is 7.16. The lowest BCUT2D eigenvalue weighted by Gasteiger charge is -2.03. The van der Waals surface area contributed by atoms with Crippen LogP contribution in [0.25, 0.3) is 0 Å². The molecule has 0 aromatic carbocycles. The zero-order chi connectivity index (χ0) is 17.0. The van der Waals surface area contributed by atoms with E-state index in [1.807, 2.05) is 6.92 Å². The molecular weight excluding hydrogens is 322 g/mol. The van der Waals surface area contributed by atoms with Crippen LogP contribution in [0.15, 0.2) is 18.5 Å². The first-order valence-corrected chi connectivity index (χ1v) is 7.52. The van der Waals surface area contributed by atoms with E-state index in [1.54, 1.807) is 6.07 Å². The molecule has 0 saturated heterocycles. The number of esters is 1. The highest BCUT2D eigenvalue weighted by atomic mass is 32.1. The minimum Gasteiger partial charge on any atom is -0.480 e. The number of aryl methyl sites for hydroxylation is 1. The van der Waals surface area contributed by atoms with Crippen LogP contribution in [0, 0.1) is 0 Å². The number of aromatic nitrogens is 2.